The zero-order valence-electron chi connectivity index (χ0n) is 23.4. The Hall–Kier alpha value is -3.64. The predicted molar refractivity (Wildman–Crippen MR) is 160 cm³/mol. The zero-order chi connectivity index (χ0) is 29.1. The van der Waals surface area contributed by atoms with Crippen LogP contribution in [0.1, 0.15) is 42.3 Å². The molecule has 0 fully saturated rings. The van der Waals surface area contributed by atoms with E-state index in [0.717, 1.165) is 69.1 Å². The largest absolute Gasteiger partial charge is 0.365 e. The van der Waals surface area contributed by atoms with Gasteiger partial charge >= 0.3 is 0 Å². The fraction of sp³-hybridized carbons (Fsp3) is 0.300. The number of aromatic nitrogens is 3. The Morgan fingerprint density at radius 3 is 2.49 bits per heavy atom. The van der Waals surface area contributed by atoms with E-state index in [1.807, 2.05) is 57.2 Å². The molecule has 0 aliphatic heterocycles. The monoisotopic (exact) mass is 592 g/mol. The number of nitrogens with one attached hydrogen (secondary N) is 1. The molecule has 0 spiro atoms. The van der Waals surface area contributed by atoms with Crippen LogP contribution in [0, 0.1) is 13.8 Å². The first kappa shape index (κ1) is 28.9. The molecule has 0 saturated carbocycles. The van der Waals surface area contributed by atoms with E-state index in [9.17, 15) is 13.2 Å². The van der Waals surface area contributed by atoms with Gasteiger partial charge < -0.3 is 9.26 Å². The van der Waals surface area contributed by atoms with Crippen LogP contribution < -0.4 is 10.3 Å². The molecule has 0 saturated heterocycles. The molecule has 5 aromatic rings. The molecule has 0 amide bonds. The van der Waals surface area contributed by atoms with Crippen molar-refractivity contribution in [1.29, 1.82) is 0 Å². The fourth-order valence-electron chi connectivity index (χ4n) is 4.71. The third-order valence-electron chi connectivity index (χ3n) is 7.12. The Morgan fingerprint density at radius 2 is 1.80 bits per heavy atom. The molecule has 0 radical (unpaired) electrons. The van der Waals surface area contributed by atoms with Crippen LogP contribution in [0.4, 0.5) is 0 Å². The number of rotatable bonds is 11. The summed E-state index contributed by atoms with van der Waals surface area (Å²) < 4.78 is 41.3. The Labute approximate surface area is 242 Å². The van der Waals surface area contributed by atoms with Crippen molar-refractivity contribution in [2.45, 2.75) is 51.2 Å². The lowest BCUT2D eigenvalue weighted by atomic mass is 10.1. The number of thiophene rings is 1. The minimum absolute atomic E-state index is 0.141. The van der Waals surface area contributed by atoms with E-state index < -0.39 is 10.0 Å². The van der Waals surface area contributed by atoms with Crippen LogP contribution >= 0.6 is 11.3 Å². The summed E-state index contributed by atoms with van der Waals surface area (Å²) in [6, 6.07) is 14.5. The van der Waals surface area contributed by atoms with Crippen molar-refractivity contribution < 1.29 is 17.7 Å². The second kappa shape index (κ2) is 12.1. The van der Waals surface area contributed by atoms with Crippen molar-refractivity contribution in [3.8, 4) is 16.8 Å². The topological polar surface area (TPSA) is 116 Å². The molecule has 1 aromatic carbocycles. The van der Waals surface area contributed by atoms with Gasteiger partial charge in [0.25, 0.3) is 15.6 Å². The highest BCUT2D eigenvalue weighted by Gasteiger charge is 2.21. The van der Waals surface area contributed by atoms with Crippen LogP contribution in [0.3, 0.4) is 0 Å². The smallest absolute Gasteiger partial charge is 0.255 e. The molecule has 214 valence electrons. The first-order valence-electron chi connectivity index (χ1n) is 13.5. The molecule has 5 rings (SSSR count). The molecule has 1 N–H and O–H groups in total. The number of sulfonamides is 1. The number of ether oxygens (including phenoxy) is 1. The van der Waals surface area contributed by atoms with Gasteiger partial charge in [-0.25, -0.2) is 8.42 Å². The van der Waals surface area contributed by atoms with Gasteiger partial charge in [-0.3, -0.25) is 14.3 Å². The molecule has 41 heavy (non-hydrogen) atoms. The van der Waals surface area contributed by atoms with Crippen molar-refractivity contribution in [3.05, 3.63) is 92.7 Å². The van der Waals surface area contributed by atoms with E-state index in [-0.39, 0.29) is 16.5 Å². The summed E-state index contributed by atoms with van der Waals surface area (Å²) in [4.78, 5) is 17.8. The number of hydrogen-bond acceptors (Lipinski definition) is 8. The van der Waals surface area contributed by atoms with Gasteiger partial charge in [0.05, 0.1) is 17.8 Å². The summed E-state index contributed by atoms with van der Waals surface area (Å²) in [6.45, 7) is 8.01. The third kappa shape index (κ3) is 5.89. The zero-order valence-corrected chi connectivity index (χ0v) is 25.1. The van der Waals surface area contributed by atoms with Gasteiger partial charge in [-0.2, -0.15) is 4.72 Å². The van der Waals surface area contributed by atoms with Crippen LogP contribution in [0.25, 0.3) is 27.7 Å². The fourth-order valence-corrected chi connectivity index (χ4v) is 7.05. The van der Waals surface area contributed by atoms with Crippen LogP contribution in [-0.2, 0) is 34.0 Å². The Balaban J connectivity index is 1.35. The van der Waals surface area contributed by atoms with Crippen molar-refractivity contribution in [1.82, 2.24) is 19.4 Å². The molecule has 0 aliphatic rings. The second-order valence-corrected chi connectivity index (χ2v) is 12.5. The van der Waals surface area contributed by atoms with Crippen molar-refractivity contribution >= 4 is 32.3 Å². The maximum Gasteiger partial charge on any atom is 0.255 e. The van der Waals surface area contributed by atoms with Gasteiger partial charge in [-0.15, -0.1) is 11.3 Å². The van der Waals surface area contributed by atoms with E-state index in [4.69, 9.17) is 14.2 Å². The Bertz CT molecular complexity index is 1850. The minimum Gasteiger partial charge on any atom is -0.365 e. The lowest BCUT2D eigenvalue weighted by molar-refractivity contribution is 0.132. The third-order valence-corrected chi connectivity index (χ3v) is 9.98. The first-order valence-corrected chi connectivity index (χ1v) is 15.8. The maximum absolute atomic E-state index is 13.1. The molecule has 0 bridgehead atoms. The standard InChI is InChI=1S/C30H32N4O5S2/c1-5-22-17-28-25(26(6-2)32-22)11-12-29(35)34(28)23-9-7-21(8-10-23)24-14-16-40-30(24)41(36,37)31-18-38-15-13-27-19(3)20(4)39-33-27/h7-12,14,16-17,31H,5-6,13,15,18H2,1-4H3. The Morgan fingerprint density at radius 1 is 1.02 bits per heavy atom. The van der Waals surface area contributed by atoms with Crippen molar-refractivity contribution in [2.24, 2.45) is 0 Å². The summed E-state index contributed by atoms with van der Waals surface area (Å²) in [5.74, 6) is 0.761. The van der Waals surface area contributed by atoms with Gasteiger partial charge in [-0.1, -0.05) is 31.1 Å². The van der Waals surface area contributed by atoms with E-state index in [0.29, 0.717) is 24.3 Å². The van der Waals surface area contributed by atoms with E-state index in [2.05, 4.69) is 16.8 Å². The SMILES string of the molecule is CCc1cc2c(ccc(=O)n2-c2ccc(-c3ccsc3S(=O)(=O)NCOCCc3noc(C)c3C)cc2)c(CC)n1. The number of aryl methyl sites for hydroxylation is 3. The molecule has 9 nitrogen and oxygen atoms in total. The lowest BCUT2D eigenvalue weighted by Crippen LogP contribution is -2.26. The summed E-state index contributed by atoms with van der Waals surface area (Å²) in [6.07, 6.45) is 2.05. The van der Waals surface area contributed by atoms with Gasteiger partial charge in [0, 0.05) is 46.1 Å². The first-order chi connectivity index (χ1) is 19.7. The second-order valence-electron chi connectivity index (χ2n) is 9.64. The number of hydrogen-bond donors (Lipinski definition) is 1. The van der Waals surface area contributed by atoms with Crippen molar-refractivity contribution in [2.75, 3.05) is 13.3 Å². The van der Waals surface area contributed by atoms with Gasteiger partial charge in [0.15, 0.2) is 0 Å². The van der Waals surface area contributed by atoms with Crippen molar-refractivity contribution in [3.63, 3.8) is 0 Å². The molecule has 0 unspecified atom stereocenters. The average Bonchev–Trinajstić information content (AvgIpc) is 3.60. The summed E-state index contributed by atoms with van der Waals surface area (Å²) in [5, 5.41) is 6.68. The molecular weight excluding hydrogens is 560 g/mol. The average molecular weight is 593 g/mol. The van der Waals surface area contributed by atoms with Gasteiger partial charge in [0.2, 0.25) is 0 Å². The van der Waals surface area contributed by atoms with Crippen LogP contribution in [0.5, 0.6) is 0 Å². The highest BCUT2D eigenvalue weighted by atomic mass is 32.2. The molecule has 0 atom stereocenters. The molecule has 0 aliphatic carbocycles. The number of pyridine rings is 2. The lowest BCUT2D eigenvalue weighted by Gasteiger charge is -2.14. The molecular formula is C30H32N4O5S2. The Kier molecular flexibility index (Phi) is 8.50. The van der Waals surface area contributed by atoms with Crippen LogP contribution in [0.15, 0.2) is 67.4 Å². The summed E-state index contributed by atoms with van der Waals surface area (Å²) >= 11 is 1.14. The highest BCUT2D eigenvalue weighted by molar-refractivity contribution is 7.91. The maximum atomic E-state index is 13.1. The molecule has 4 aromatic heterocycles. The predicted octanol–water partition coefficient (Wildman–Crippen LogP) is 5.34. The van der Waals surface area contributed by atoms with Gasteiger partial charge in [-0.05, 0) is 68.0 Å². The molecule has 4 heterocycles. The van der Waals surface area contributed by atoms with E-state index in [1.54, 1.807) is 22.1 Å². The van der Waals surface area contributed by atoms with E-state index >= 15 is 0 Å². The number of nitrogens with zero attached hydrogens (tertiary/aromatic N) is 3. The minimum atomic E-state index is -3.81. The van der Waals surface area contributed by atoms with Crippen LogP contribution in [0.2, 0.25) is 0 Å². The number of fused-ring (bicyclic) bond motifs is 1. The quantitative estimate of drug-likeness (QED) is 0.163. The normalized spacial score (nSPS) is 11.9. The van der Waals surface area contributed by atoms with E-state index in [1.165, 1.54) is 0 Å². The van der Waals surface area contributed by atoms with Gasteiger partial charge in [0.1, 0.15) is 16.7 Å². The summed E-state index contributed by atoms with van der Waals surface area (Å²) in [7, 11) is -3.81. The highest BCUT2D eigenvalue weighted by Crippen LogP contribution is 2.33. The summed E-state index contributed by atoms with van der Waals surface area (Å²) in [5.41, 5.74) is 6.34. The van der Waals surface area contributed by atoms with Crippen LogP contribution in [-0.4, -0.2) is 36.5 Å². The molecule has 11 heteroatoms. The number of benzene rings is 1.